The van der Waals surface area contributed by atoms with Crippen LogP contribution in [0.1, 0.15) is 31.4 Å². The van der Waals surface area contributed by atoms with Crippen LogP contribution in [0, 0.1) is 0 Å². The molecule has 0 spiro atoms. The number of aliphatic hydroxyl groups excluding tert-OH is 1. The van der Waals surface area contributed by atoms with Gasteiger partial charge < -0.3 is 5.11 Å². The second-order valence-electron chi connectivity index (χ2n) is 7.45. The summed E-state index contributed by atoms with van der Waals surface area (Å²) < 4.78 is 1.63. The van der Waals surface area contributed by atoms with Crippen molar-refractivity contribution in [1.82, 2.24) is 9.55 Å². The fourth-order valence-electron chi connectivity index (χ4n) is 4.12. The van der Waals surface area contributed by atoms with E-state index in [9.17, 15) is 9.90 Å². The van der Waals surface area contributed by atoms with Crippen molar-refractivity contribution in [1.29, 1.82) is 0 Å². The fraction of sp³-hybridized carbons (Fsp3) is 0.304. The molecule has 0 saturated heterocycles. The molecule has 1 aliphatic rings. The van der Waals surface area contributed by atoms with Crippen LogP contribution in [0.2, 0.25) is 0 Å². The molecule has 0 bridgehead atoms. The van der Waals surface area contributed by atoms with Crippen molar-refractivity contribution in [3.8, 4) is 22.6 Å². The minimum Gasteiger partial charge on any atom is -0.395 e. The average Bonchev–Trinajstić information content (AvgIpc) is 2.70. The van der Waals surface area contributed by atoms with Crippen LogP contribution in [-0.4, -0.2) is 21.3 Å². The van der Waals surface area contributed by atoms with E-state index in [-0.39, 0.29) is 24.1 Å². The molecule has 4 rings (SSSR count). The Kier molecular flexibility index (Phi) is 4.44. The maximum Gasteiger partial charge on any atom is 0.258 e. The van der Waals surface area contributed by atoms with E-state index in [1.807, 2.05) is 42.5 Å². The number of aliphatic hydroxyl groups is 1. The predicted octanol–water partition coefficient (Wildman–Crippen LogP) is 3.79. The second-order valence-corrected chi connectivity index (χ2v) is 7.45. The summed E-state index contributed by atoms with van der Waals surface area (Å²) >= 11 is 0. The van der Waals surface area contributed by atoms with E-state index in [2.05, 4.69) is 26.0 Å². The molecule has 0 amide bonds. The van der Waals surface area contributed by atoms with Gasteiger partial charge in [-0.1, -0.05) is 68.4 Å². The van der Waals surface area contributed by atoms with Gasteiger partial charge in [0.1, 0.15) is 5.82 Å². The lowest BCUT2D eigenvalue weighted by Gasteiger charge is -2.36. The van der Waals surface area contributed by atoms with Crippen LogP contribution < -0.4 is 5.56 Å². The molecule has 1 heterocycles. The number of aromatic nitrogens is 2. The normalized spacial score (nSPS) is 18.0. The minimum atomic E-state index is -0.264. The number of rotatable bonds is 4. The first-order valence-electron chi connectivity index (χ1n) is 9.49. The molecule has 0 radical (unpaired) electrons. The summed E-state index contributed by atoms with van der Waals surface area (Å²) in [6, 6.07) is 18.0. The van der Waals surface area contributed by atoms with E-state index in [1.54, 1.807) is 4.57 Å². The van der Waals surface area contributed by atoms with Gasteiger partial charge in [-0.25, -0.2) is 4.98 Å². The topological polar surface area (TPSA) is 55.1 Å². The molecule has 1 unspecified atom stereocenters. The summed E-state index contributed by atoms with van der Waals surface area (Å²) in [5.41, 5.74) is 4.43. The molecule has 0 fully saturated rings. The Hall–Kier alpha value is -2.72. The van der Waals surface area contributed by atoms with Gasteiger partial charge in [0.05, 0.1) is 24.4 Å². The summed E-state index contributed by atoms with van der Waals surface area (Å²) in [5, 5.41) is 9.58. The predicted molar refractivity (Wildman–Crippen MR) is 108 cm³/mol. The lowest BCUT2D eigenvalue weighted by Crippen LogP contribution is -2.40. The Balaban J connectivity index is 2.10. The van der Waals surface area contributed by atoms with E-state index < -0.39 is 0 Å². The molecule has 3 aromatic rings. The zero-order valence-corrected chi connectivity index (χ0v) is 15.8. The maximum absolute atomic E-state index is 13.6. The Labute approximate surface area is 159 Å². The molecular formula is C23H24N2O2. The lowest BCUT2D eigenvalue weighted by molar-refractivity contribution is 0.273. The molecule has 0 saturated carbocycles. The van der Waals surface area contributed by atoms with Crippen molar-refractivity contribution in [3.05, 3.63) is 76.1 Å². The molecular weight excluding hydrogens is 336 g/mol. The van der Waals surface area contributed by atoms with Crippen LogP contribution in [0.25, 0.3) is 22.6 Å². The highest BCUT2D eigenvalue weighted by atomic mass is 16.3. The first-order chi connectivity index (χ1) is 13.1. The van der Waals surface area contributed by atoms with Crippen molar-refractivity contribution in [3.63, 3.8) is 0 Å². The highest BCUT2D eigenvalue weighted by molar-refractivity contribution is 5.73. The summed E-state index contributed by atoms with van der Waals surface area (Å²) in [6.07, 6.45) is 1.68. The number of hydrogen-bond acceptors (Lipinski definition) is 3. The third-order valence-corrected chi connectivity index (χ3v) is 5.76. The first-order valence-corrected chi connectivity index (χ1v) is 9.49. The summed E-state index contributed by atoms with van der Waals surface area (Å²) in [6.45, 7) is 4.42. The van der Waals surface area contributed by atoms with Gasteiger partial charge in [0.2, 0.25) is 0 Å². The van der Waals surface area contributed by atoms with Gasteiger partial charge in [0.25, 0.3) is 5.56 Å². The Morgan fingerprint density at radius 3 is 2.52 bits per heavy atom. The van der Waals surface area contributed by atoms with Gasteiger partial charge in [-0.05, 0) is 18.4 Å². The standard InChI is InChI=1S/C23H24N2O2/c1-3-23(2)15-17-11-7-8-12-18(17)20-19(23)22(27)25(13-14-26)21(24-20)16-9-5-4-6-10-16/h4-12,26H,3,13-15H2,1-2H3. The van der Waals surface area contributed by atoms with Gasteiger partial charge in [-0.15, -0.1) is 0 Å². The van der Waals surface area contributed by atoms with Gasteiger partial charge in [0.15, 0.2) is 0 Å². The monoisotopic (exact) mass is 360 g/mol. The van der Waals surface area contributed by atoms with Gasteiger partial charge in [-0.2, -0.15) is 0 Å². The quantitative estimate of drug-likeness (QED) is 0.770. The van der Waals surface area contributed by atoms with Crippen molar-refractivity contribution in [2.24, 2.45) is 0 Å². The third-order valence-electron chi connectivity index (χ3n) is 5.76. The van der Waals surface area contributed by atoms with Crippen molar-refractivity contribution < 1.29 is 5.11 Å². The minimum absolute atomic E-state index is 0.0354. The molecule has 1 aliphatic carbocycles. The van der Waals surface area contributed by atoms with Crippen molar-refractivity contribution >= 4 is 0 Å². The van der Waals surface area contributed by atoms with E-state index in [0.717, 1.165) is 35.2 Å². The number of benzene rings is 2. The number of hydrogen-bond donors (Lipinski definition) is 1. The maximum atomic E-state index is 13.6. The summed E-state index contributed by atoms with van der Waals surface area (Å²) in [7, 11) is 0. The van der Waals surface area contributed by atoms with Crippen LogP contribution in [0.4, 0.5) is 0 Å². The van der Waals surface area contributed by atoms with Crippen LogP contribution in [0.3, 0.4) is 0 Å². The molecule has 1 aromatic heterocycles. The Bertz CT molecular complexity index is 1040. The SMILES string of the molecule is CCC1(C)Cc2ccccc2-c2nc(-c3ccccc3)n(CCO)c(=O)c21. The summed E-state index contributed by atoms with van der Waals surface area (Å²) in [5.74, 6) is 0.614. The van der Waals surface area contributed by atoms with Crippen molar-refractivity contribution in [2.75, 3.05) is 6.61 Å². The molecule has 27 heavy (non-hydrogen) atoms. The fourth-order valence-corrected chi connectivity index (χ4v) is 4.12. The highest BCUT2D eigenvalue weighted by Crippen LogP contribution is 2.42. The van der Waals surface area contributed by atoms with E-state index in [0.29, 0.717) is 5.82 Å². The molecule has 0 aliphatic heterocycles. The van der Waals surface area contributed by atoms with Crippen LogP contribution in [-0.2, 0) is 18.4 Å². The smallest absolute Gasteiger partial charge is 0.258 e. The number of fused-ring (bicyclic) bond motifs is 3. The van der Waals surface area contributed by atoms with Gasteiger partial charge in [-0.3, -0.25) is 9.36 Å². The van der Waals surface area contributed by atoms with E-state index in [4.69, 9.17) is 4.98 Å². The van der Waals surface area contributed by atoms with Gasteiger partial charge >= 0.3 is 0 Å². The lowest BCUT2D eigenvalue weighted by atomic mass is 9.69. The van der Waals surface area contributed by atoms with Crippen LogP contribution >= 0.6 is 0 Å². The molecule has 2 aromatic carbocycles. The first kappa shape index (κ1) is 17.7. The Morgan fingerprint density at radius 2 is 1.81 bits per heavy atom. The van der Waals surface area contributed by atoms with Crippen molar-refractivity contribution in [2.45, 2.75) is 38.6 Å². The molecule has 4 nitrogen and oxygen atoms in total. The zero-order chi connectivity index (χ0) is 19.0. The molecule has 1 N–H and O–H groups in total. The third kappa shape index (κ3) is 2.81. The highest BCUT2D eigenvalue weighted by Gasteiger charge is 2.38. The zero-order valence-electron chi connectivity index (χ0n) is 15.8. The van der Waals surface area contributed by atoms with E-state index >= 15 is 0 Å². The van der Waals surface area contributed by atoms with E-state index in [1.165, 1.54) is 5.56 Å². The molecule has 138 valence electrons. The Morgan fingerprint density at radius 1 is 1.11 bits per heavy atom. The molecule has 1 atom stereocenters. The van der Waals surface area contributed by atoms with Crippen LogP contribution in [0.15, 0.2) is 59.4 Å². The molecule has 4 heteroatoms. The second kappa shape index (κ2) is 6.78. The average molecular weight is 360 g/mol. The number of nitrogens with zero attached hydrogens (tertiary/aromatic N) is 2. The largest absolute Gasteiger partial charge is 0.395 e. The van der Waals surface area contributed by atoms with Crippen LogP contribution in [0.5, 0.6) is 0 Å². The van der Waals surface area contributed by atoms with Gasteiger partial charge in [0, 0.05) is 16.5 Å². The summed E-state index contributed by atoms with van der Waals surface area (Å²) in [4.78, 5) is 18.6.